The topological polar surface area (TPSA) is 55.4 Å². The van der Waals surface area contributed by atoms with Gasteiger partial charge in [-0.25, -0.2) is 4.79 Å². The van der Waals surface area contributed by atoms with Crippen LogP contribution in [0.4, 0.5) is 4.79 Å². The van der Waals surface area contributed by atoms with Crippen molar-refractivity contribution in [2.45, 2.75) is 26.2 Å². The van der Waals surface area contributed by atoms with Gasteiger partial charge in [0.05, 0.1) is 0 Å². The Morgan fingerprint density at radius 3 is 2.25 bits per heavy atom. The molecule has 0 atom stereocenters. The molecule has 4 nitrogen and oxygen atoms in total. The summed E-state index contributed by atoms with van der Waals surface area (Å²) in [5.41, 5.74) is 7.60. The first-order valence-corrected chi connectivity index (χ1v) is 10.9. The molecule has 0 fully saturated rings. The summed E-state index contributed by atoms with van der Waals surface area (Å²) >= 11 is 0. The molecule has 1 amide bonds. The number of Topliss-reactive ketones (excluding diaryl/α,β-unsaturated/α-hetero) is 1. The zero-order valence-electron chi connectivity index (χ0n) is 18.4. The van der Waals surface area contributed by atoms with E-state index in [0.717, 1.165) is 16.7 Å². The van der Waals surface area contributed by atoms with Crippen molar-refractivity contribution in [3.05, 3.63) is 101 Å². The van der Waals surface area contributed by atoms with Gasteiger partial charge in [-0.15, -0.1) is 0 Å². The molecule has 1 N–H and O–H groups in total. The summed E-state index contributed by atoms with van der Waals surface area (Å²) in [6, 6.07) is 22.4. The molecule has 0 saturated carbocycles. The average Bonchev–Trinajstić information content (AvgIpc) is 3.11. The SMILES string of the molecule is CC(=O)c1ccc(C=CCCNC(=O)OCC2c3ccccc3-c3ccccc32)cc1C. The number of ether oxygens (including phenoxy) is 1. The molecule has 0 radical (unpaired) electrons. The molecule has 1 aliphatic carbocycles. The predicted molar refractivity (Wildman–Crippen MR) is 128 cm³/mol. The van der Waals surface area contributed by atoms with Crippen molar-refractivity contribution in [3.63, 3.8) is 0 Å². The van der Waals surface area contributed by atoms with Crippen LogP contribution in [-0.2, 0) is 4.74 Å². The highest BCUT2D eigenvalue weighted by atomic mass is 16.5. The van der Waals surface area contributed by atoms with E-state index in [4.69, 9.17) is 4.74 Å². The van der Waals surface area contributed by atoms with Crippen molar-refractivity contribution >= 4 is 18.0 Å². The van der Waals surface area contributed by atoms with Crippen LogP contribution in [0.1, 0.15) is 51.9 Å². The normalized spacial score (nSPS) is 12.4. The van der Waals surface area contributed by atoms with Gasteiger partial charge in [0.1, 0.15) is 6.61 Å². The molecule has 0 spiro atoms. The Balaban J connectivity index is 1.26. The van der Waals surface area contributed by atoms with Crippen LogP contribution >= 0.6 is 0 Å². The Bertz CT molecular complexity index is 1130. The molecular formula is C28H27NO3. The molecule has 1 aliphatic rings. The van der Waals surface area contributed by atoms with Gasteiger partial charge in [-0.2, -0.15) is 0 Å². The Labute approximate surface area is 188 Å². The highest BCUT2D eigenvalue weighted by Crippen LogP contribution is 2.44. The lowest BCUT2D eigenvalue weighted by molar-refractivity contribution is 0.101. The van der Waals surface area contributed by atoms with Gasteiger partial charge in [0.25, 0.3) is 0 Å². The maximum atomic E-state index is 12.2. The number of rotatable bonds is 7. The third-order valence-corrected chi connectivity index (χ3v) is 5.86. The monoisotopic (exact) mass is 425 g/mol. The number of ketones is 1. The molecule has 32 heavy (non-hydrogen) atoms. The second kappa shape index (κ2) is 9.65. The van der Waals surface area contributed by atoms with E-state index in [9.17, 15) is 9.59 Å². The van der Waals surface area contributed by atoms with Crippen LogP contribution in [0, 0.1) is 6.92 Å². The van der Waals surface area contributed by atoms with Gasteiger partial charge in [0.15, 0.2) is 5.78 Å². The minimum Gasteiger partial charge on any atom is -0.449 e. The predicted octanol–water partition coefficient (Wildman–Crippen LogP) is 6.14. The number of aryl methyl sites for hydroxylation is 1. The molecule has 4 rings (SSSR count). The van der Waals surface area contributed by atoms with Crippen molar-refractivity contribution in [3.8, 4) is 11.1 Å². The molecule has 0 bridgehead atoms. The summed E-state index contributed by atoms with van der Waals surface area (Å²) in [4.78, 5) is 23.7. The lowest BCUT2D eigenvalue weighted by Gasteiger charge is -2.14. The maximum Gasteiger partial charge on any atom is 0.407 e. The van der Waals surface area contributed by atoms with E-state index in [0.29, 0.717) is 19.6 Å². The number of hydrogen-bond donors (Lipinski definition) is 1. The van der Waals surface area contributed by atoms with Gasteiger partial charge in [-0.05, 0) is 53.6 Å². The van der Waals surface area contributed by atoms with Gasteiger partial charge < -0.3 is 10.1 Å². The molecule has 0 unspecified atom stereocenters. The number of alkyl carbamates (subject to hydrolysis) is 1. The first-order valence-electron chi connectivity index (χ1n) is 10.9. The first-order chi connectivity index (χ1) is 15.5. The van der Waals surface area contributed by atoms with Crippen LogP contribution in [-0.4, -0.2) is 25.0 Å². The smallest absolute Gasteiger partial charge is 0.407 e. The summed E-state index contributed by atoms with van der Waals surface area (Å²) in [6.07, 6.45) is 4.29. The molecule has 0 aromatic heterocycles. The van der Waals surface area contributed by atoms with Crippen molar-refractivity contribution in [2.24, 2.45) is 0 Å². The van der Waals surface area contributed by atoms with Crippen molar-refractivity contribution in [2.75, 3.05) is 13.2 Å². The van der Waals surface area contributed by atoms with Crippen LogP contribution in [0.2, 0.25) is 0 Å². The van der Waals surface area contributed by atoms with Gasteiger partial charge >= 0.3 is 6.09 Å². The molecule has 4 heteroatoms. The minimum absolute atomic E-state index is 0.0641. The van der Waals surface area contributed by atoms with E-state index >= 15 is 0 Å². The zero-order valence-corrected chi connectivity index (χ0v) is 18.4. The molecule has 162 valence electrons. The molecule has 3 aromatic rings. The molecule has 0 saturated heterocycles. The van der Waals surface area contributed by atoms with E-state index in [1.807, 2.05) is 61.5 Å². The zero-order chi connectivity index (χ0) is 22.5. The van der Waals surface area contributed by atoms with Crippen LogP contribution in [0.25, 0.3) is 17.2 Å². The fourth-order valence-corrected chi connectivity index (χ4v) is 4.31. The number of amides is 1. The van der Waals surface area contributed by atoms with Crippen LogP contribution < -0.4 is 5.32 Å². The Kier molecular flexibility index (Phi) is 6.50. The number of fused-ring (bicyclic) bond motifs is 3. The van der Waals surface area contributed by atoms with Crippen molar-refractivity contribution < 1.29 is 14.3 Å². The minimum atomic E-state index is -0.401. The maximum absolute atomic E-state index is 12.2. The first kappa shape index (κ1) is 21.6. The van der Waals surface area contributed by atoms with Crippen molar-refractivity contribution in [1.82, 2.24) is 5.32 Å². The lowest BCUT2D eigenvalue weighted by Crippen LogP contribution is -2.26. The van der Waals surface area contributed by atoms with Gasteiger partial charge in [0.2, 0.25) is 0 Å². The molecular weight excluding hydrogens is 398 g/mol. The summed E-state index contributed by atoms with van der Waals surface area (Å²) in [6.45, 7) is 4.33. The Morgan fingerprint density at radius 1 is 0.969 bits per heavy atom. The number of carbonyl (C=O) groups is 2. The van der Waals surface area contributed by atoms with Gasteiger partial charge in [0, 0.05) is 18.0 Å². The van der Waals surface area contributed by atoms with E-state index in [1.54, 1.807) is 6.92 Å². The fourth-order valence-electron chi connectivity index (χ4n) is 4.31. The second-order valence-corrected chi connectivity index (χ2v) is 8.07. The number of carbonyl (C=O) groups excluding carboxylic acids is 2. The van der Waals surface area contributed by atoms with Crippen molar-refractivity contribution in [1.29, 1.82) is 0 Å². The van der Waals surface area contributed by atoms with E-state index in [2.05, 4.69) is 29.6 Å². The third-order valence-electron chi connectivity index (χ3n) is 5.86. The highest BCUT2D eigenvalue weighted by molar-refractivity contribution is 5.95. The second-order valence-electron chi connectivity index (χ2n) is 8.07. The average molecular weight is 426 g/mol. The summed E-state index contributed by atoms with van der Waals surface area (Å²) in [7, 11) is 0. The standard InChI is InChI=1S/C28H27NO3/c1-19-17-21(14-15-22(19)20(2)30)9-7-8-16-29-28(31)32-18-27-25-12-5-3-10-23(25)24-11-4-6-13-26(24)27/h3-7,9-15,17,27H,8,16,18H2,1-2H3,(H,29,31). The van der Waals surface area contributed by atoms with Gasteiger partial charge in [-0.3, -0.25) is 4.79 Å². The number of benzene rings is 3. The number of nitrogens with one attached hydrogen (secondary N) is 1. The van der Waals surface area contributed by atoms with E-state index < -0.39 is 6.09 Å². The quantitative estimate of drug-likeness (QED) is 0.365. The highest BCUT2D eigenvalue weighted by Gasteiger charge is 2.28. The fraction of sp³-hybridized carbons (Fsp3) is 0.214. The molecule has 0 aliphatic heterocycles. The summed E-state index contributed by atoms with van der Waals surface area (Å²) in [5, 5.41) is 2.82. The van der Waals surface area contributed by atoms with Crippen LogP contribution in [0.15, 0.2) is 72.8 Å². The van der Waals surface area contributed by atoms with E-state index in [-0.39, 0.29) is 11.7 Å². The molecule has 3 aromatic carbocycles. The Morgan fingerprint density at radius 2 is 1.62 bits per heavy atom. The van der Waals surface area contributed by atoms with Crippen LogP contribution in [0.3, 0.4) is 0 Å². The summed E-state index contributed by atoms with van der Waals surface area (Å²) in [5.74, 6) is 0.139. The largest absolute Gasteiger partial charge is 0.449 e. The summed E-state index contributed by atoms with van der Waals surface area (Å²) < 4.78 is 5.55. The molecule has 0 heterocycles. The van der Waals surface area contributed by atoms with Crippen LogP contribution in [0.5, 0.6) is 0 Å². The number of hydrogen-bond acceptors (Lipinski definition) is 3. The third kappa shape index (κ3) is 4.65. The van der Waals surface area contributed by atoms with E-state index in [1.165, 1.54) is 22.3 Å². The Hall–Kier alpha value is -3.66. The lowest BCUT2D eigenvalue weighted by atomic mass is 9.98. The van der Waals surface area contributed by atoms with Gasteiger partial charge in [-0.1, -0.05) is 78.9 Å².